The number of primary amides is 1. The van der Waals surface area contributed by atoms with Crippen LogP contribution in [0.1, 0.15) is 23.1 Å². The third-order valence-electron chi connectivity index (χ3n) is 2.84. The van der Waals surface area contributed by atoms with E-state index in [1.54, 1.807) is 6.20 Å². The smallest absolute Gasteiger partial charge is 0.269 e. The van der Waals surface area contributed by atoms with Crippen molar-refractivity contribution in [1.82, 2.24) is 19.6 Å². The Kier molecular flexibility index (Phi) is 4.41. The minimum atomic E-state index is -0.637. The summed E-state index contributed by atoms with van der Waals surface area (Å²) >= 11 is 3.33. The van der Waals surface area contributed by atoms with Crippen LogP contribution in [0.4, 0.5) is 5.69 Å². The number of nitrogens with one attached hydrogen (secondary N) is 1. The van der Waals surface area contributed by atoms with Gasteiger partial charge in [0.15, 0.2) is 0 Å². The molecule has 2 aromatic rings. The molecule has 2 heterocycles. The molecule has 0 saturated carbocycles. The highest BCUT2D eigenvalue weighted by Gasteiger charge is 2.17. The molecule has 0 saturated heterocycles. The second kappa shape index (κ2) is 6.08. The predicted octanol–water partition coefficient (Wildman–Crippen LogP) is 0.908. The van der Waals surface area contributed by atoms with E-state index in [9.17, 15) is 9.59 Å². The fraction of sp³-hybridized carbons (Fsp3) is 0.333. The van der Waals surface area contributed by atoms with Gasteiger partial charge in [-0.25, -0.2) is 0 Å². The molecule has 2 aromatic heterocycles. The first-order chi connectivity index (χ1) is 9.92. The Hall–Kier alpha value is -2.16. The number of nitrogens with two attached hydrogens (primary N) is 1. The molecule has 9 heteroatoms. The van der Waals surface area contributed by atoms with Gasteiger partial charge < -0.3 is 11.1 Å². The summed E-state index contributed by atoms with van der Waals surface area (Å²) in [6, 6.07) is 0. The molecule has 0 atom stereocenters. The van der Waals surface area contributed by atoms with Crippen molar-refractivity contribution in [1.29, 1.82) is 0 Å². The van der Waals surface area contributed by atoms with Gasteiger partial charge in [0.25, 0.3) is 5.91 Å². The molecule has 0 fully saturated rings. The van der Waals surface area contributed by atoms with Gasteiger partial charge in [-0.3, -0.25) is 19.0 Å². The molecule has 0 aliphatic heterocycles. The lowest BCUT2D eigenvalue weighted by Crippen LogP contribution is -2.23. The third kappa shape index (κ3) is 3.30. The third-order valence-corrected chi connectivity index (χ3v) is 3.62. The van der Waals surface area contributed by atoms with Crippen molar-refractivity contribution in [2.45, 2.75) is 26.9 Å². The van der Waals surface area contributed by atoms with Crippen molar-refractivity contribution >= 4 is 33.4 Å². The first kappa shape index (κ1) is 15.2. The summed E-state index contributed by atoms with van der Waals surface area (Å²) in [4.78, 5) is 23.4. The van der Waals surface area contributed by atoms with Crippen LogP contribution in [0.15, 0.2) is 16.9 Å². The highest BCUT2D eigenvalue weighted by atomic mass is 79.9. The lowest BCUT2D eigenvalue weighted by molar-refractivity contribution is -0.116. The number of nitrogens with zero attached hydrogens (tertiary/aromatic N) is 4. The number of carbonyl (C=O) groups excluding carboxylic acids is 2. The average molecular weight is 355 g/mol. The Balaban J connectivity index is 2.13. The van der Waals surface area contributed by atoms with Crippen LogP contribution in [0.3, 0.4) is 0 Å². The molecular formula is C12H15BrN6O2. The zero-order valence-corrected chi connectivity index (χ0v) is 13.2. The van der Waals surface area contributed by atoms with Crippen molar-refractivity contribution in [3.8, 4) is 0 Å². The van der Waals surface area contributed by atoms with Gasteiger partial charge in [0.1, 0.15) is 12.2 Å². The SMILES string of the molecule is CCn1ncc(NC(=O)Cn2cc(Br)c(C)n2)c1C(N)=O. The molecule has 2 rings (SSSR count). The molecule has 0 aromatic carbocycles. The molecule has 2 amide bonds. The second-order valence-electron chi connectivity index (χ2n) is 4.40. The lowest BCUT2D eigenvalue weighted by Gasteiger charge is -2.06. The van der Waals surface area contributed by atoms with Crippen LogP contribution in [0.25, 0.3) is 0 Å². The summed E-state index contributed by atoms with van der Waals surface area (Å²) in [6.07, 6.45) is 3.12. The van der Waals surface area contributed by atoms with E-state index in [4.69, 9.17) is 5.73 Å². The van der Waals surface area contributed by atoms with E-state index in [1.165, 1.54) is 15.6 Å². The van der Waals surface area contributed by atoms with E-state index < -0.39 is 5.91 Å². The van der Waals surface area contributed by atoms with Gasteiger partial charge in [-0.2, -0.15) is 10.2 Å². The molecule has 3 N–H and O–H groups in total. The van der Waals surface area contributed by atoms with Crippen LogP contribution in [-0.2, 0) is 17.9 Å². The molecule has 21 heavy (non-hydrogen) atoms. The number of amides is 2. The molecule has 0 unspecified atom stereocenters. The number of halogens is 1. The Morgan fingerprint density at radius 1 is 1.48 bits per heavy atom. The first-order valence-corrected chi connectivity index (χ1v) is 7.06. The van der Waals surface area contributed by atoms with Gasteiger partial charge in [0.05, 0.1) is 22.1 Å². The van der Waals surface area contributed by atoms with Crippen LogP contribution in [0, 0.1) is 6.92 Å². The molecule has 0 spiro atoms. The Morgan fingerprint density at radius 2 is 2.19 bits per heavy atom. The van der Waals surface area contributed by atoms with E-state index in [0.717, 1.165) is 10.2 Å². The molecule has 0 aliphatic rings. The number of hydrogen-bond acceptors (Lipinski definition) is 4. The maximum atomic E-state index is 12.0. The number of hydrogen-bond donors (Lipinski definition) is 2. The largest absolute Gasteiger partial charge is 0.364 e. The molecule has 0 aliphatic carbocycles. The van der Waals surface area contributed by atoms with Crippen LogP contribution >= 0.6 is 15.9 Å². The minimum Gasteiger partial charge on any atom is -0.364 e. The molecular weight excluding hydrogens is 340 g/mol. The van der Waals surface area contributed by atoms with E-state index in [0.29, 0.717) is 12.2 Å². The zero-order valence-electron chi connectivity index (χ0n) is 11.6. The number of aryl methyl sites for hydroxylation is 2. The monoisotopic (exact) mass is 354 g/mol. The van der Waals surface area contributed by atoms with Gasteiger partial charge in [-0.05, 0) is 29.8 Å². The van der Waals surface area contributed by atoms with Crippen molar-refractivity contribution in [3.05, 3.63) is 28.3 Å². The second-order valence-corrected chi connectivity index (χ2v) is 5.25. The van der Waals surface area contributed by atoms with Crippen LogP contribution in [0.2, 0.25) is 0 Å². The summed E-state index contributed by atoms with van der Waals surface area (Å²) in [5.41, 5.74) is 6.59. The lowest BCUT2D eigenvalue weighted by atomic mass is 10.3. The molecule has 0 radical (unpaired) electrons. The highest BCUT2D eigenvalue weighted by molar-refractivity contribution is 9.10. The number of carbonyl (C=O) groups is 2. The van der Waals surface area contributed by atoms with Gasteiger partial charge in [0.2, 0.25) is 5.91 Å². The quantitative estimate of drug-likeness (QED) is 0.831. The number of aromatic nitrogens is 4. The van der Waals surface area contributed by atoms with Crippen molar-refractivity contribution in [2.75, 3.05) is 5.32 Å². The maximum absolute atomic E-state index is 12.0. The average Bonchev–Trinajstić information content (AvgIpc) is 2.93. The molecule has 112 valence electrons. The minimum absolute atomic E-state index is 0.0297. The molecule has 0 bridgehead atoms. The fourth-order valence-electron chi connectivity index (χ4n) is 1.89. The topological polar surface area (TPSA) is 108 Å². The van der Waals surface area contributed by atoms with Crippen molar-refractivity contribution < 1.29 is 9.59 Å². The molecule has 8 nitrogen and oxygen atoms in total. The van der Waals surface area contributed by atoms with E-state index in [-0.39, 0.29) is 18.1 Å². The Morgan fingerprint density at radius 3 is 2.71 bits per heavy atom. The van der Waals surface area contributed by atoms with Gasteiger partial charge in [-0.15, -0.1) is 0 Å². The van der Waals surface area contributed by atoms with Crippen LogP contribution < -0.4 is 11.1 Å². The van der Waals surface area contributed by atoms with E-state index in [1.807, 2.05) is 13.8 Å². The Labute approximate surface area is 129 Å². The van der Waals surface area contributed by atoms with E-state index in [2.05, 4.69) is 31.4 Å². The normalized spacial score (nSPS) is 10.6. The predicted molar refractivity (Wildman–Crippen MR) is 79.7 cm³/mol. The van der Waals surface area contributed by atoms with Crippen LogP contribution in [-0.4, -0.2) is 31.4 Å². The van der Waals surface area contributed by atoms with E-state index >= 15 is 0 Å². The maximum Gasteiger partial charge on any atom is 0.269 e. The highest BCUT2D eigenvalue weighted by Crippen LogP contribution is 2.15. The van der Waals surface area contributed by atoms with Crippen LogP contribution in [0.5, 0.6) is 0 Å². The summed E-state index contributed by atoms with van der Waals surface area (Å²) < 4.78 is 3.77. The number of rotatable bonds is 5. The first-order valence-electron chi connectivity index (χ1n) is 6.27. The summed E-state index contributed by atoms with van der Waals surface area (Å²) in [7, 11) is 0. The van der Waals surface area contributed by atoms with Gasteiger partial charge in [0, 0.05) is 12.7 Å². The Bertz CT molecular complexity index is 670. The summed E-state index contributed by atoms with van der Waals surface area (Å²) in [5, 5.41) is 10.8. The van der Waals surface area contributed by atoms with Crippen molar-refractivity contribution in [3.63, 3.8) is 0 Å². The summed E-state index contributed by atoms with van der Waals surface area (Å²) in [6.45, 7) is 4.17. The van der Waals surface area contributed by atoms with Gasteiger partial charge in [-0.1, -0.05) is 0 Å². The fourth-order valence-corrected chi connectivity index (χ4v) is 2.20. The van der Waals surface area contributed by atoms with Gasteiger partial charge >= 0.3 is 0 Å². The number of anilines is 1. The summed E-state index contributed by atoms with van der Waals surface area (Å²) in [5.74, 6) is -0.953. The van der Waals surface area contributed by atoms with Crippen molar-refractivity contribution in [2.24, 2.45) is 5.73 Å². The zero-order chi connectivity index (χ0) is 15.6. The standard InChI is InChI=1S/C12H15BrN6O2/c1-3-19-11(12(14)21)9(4-15-19)16-10(20)6-18-5-8(13)7(2)17-18/h4-5H,3,6H2,1-2H3,(H2,14,21)(H,16,20).